The average molecular weight is 340 g/mol. The number of aromatic nitrogens is 1. The highest BCUT2D eigenvalue weighted by atomic mass is 79.9. The van der Waals surface area contributed by atoms with Crippen LogP contribution in [0.1, 0.15) is 42.5 Å². The minimum absolute atomic E-state index is 0.262. The van der Waals surface area contributed by atoms with E-state index >= 15 is 0 Å². The Morgan fingerprint density at radius 3 is 3.10 bits per heavy atom. The summed E-state index contributed by atoms with van der Waals surface area (Å²) in [4.78, 5) is 14.1. The Morgan fingerprint density at radius 2 is 2.30 bits per heavy atom. The number of nitrogens with one attached hydrogen (secondary N) is 1. The van der Waals surface area contributed by atoms with Crippen molar-refractivity contribution in [3.63, 3.8) is 0 Å². The van der Waals surface area contributed by atoms with Gasteiger partial charge >= 0.3 is 5.76 Å². The summed E-state index contributed by atoms with van der Waals surface area (Å²) in [6.45, 7) is 0.901. The molecule has 20 heavy (non-hydrogen) atoms. The SMILES string of the molecule is O=c1[nH]c2ccc(C(Br)CCC3CCCCO3)cc2o1. The van der Waals surface area contributed by atoms with Crippen molar-refractivity contribution in [1.29, 1.82) is 0 Å². The predicted octanol–water partition coefficient (Wildman–Crippen LogP) is 3.91. The fourth-order valence-electron chi connectivity index (χ4n) is 2.69. The molecule has 5 heteroatoms. The van der Waals surface area contributed by atoms with Gasteiger partial charge < -0.3 is 9.15 Å². The first-order valence-corrected chi connectivity index (χ1v) is 8.02. The van der Waals surface area contributed by atoms with E-state index in [1.54, 1.807) is 0 Å². The number of ether oxygens (including phenoxy) is 1. The van der Waals surface area contributed by atoms with Gasteiger partial charge in [-0.3, -0.25) is 4.98 Å². The maximum atomic E-state index is 11.2. The molecule has 0 saturated carbocycles. The van der Waals surface area contributed by atoms with Crippen molar-refractivity contribution in [1.82, 2.24) is 4.98 Å². The standard InChI is InChI=1S/C15H18BrNO3/c16-12(6-5-11-3-1-2-8-19-11)10-4-7-13-14(9-10)20-15(18)17-13/h4,7,9,11-12H,1-3,5-6,8H2,(H,17,18). The molecule has 0 aliphatic carbocycles. The summed E-state index contributed by atoms with van der Waals surface area (Å²) >= 11 is 3.72. The topological polar surface area (TPSA) is 55.2 Å². The number of halogens is 1. The molecule has 2 heterocycles. The van der Waals surface area contributed by atoms with Gasteiger partial charge in [0.15, 0.2) is 5.58 Å². The lowest BCUT2D eigenvalue weighted by Crippen LogP contribution is -2.19. The molecule has 1 aliphatic rings. The van der Waals surface area contributed by atoms with Crippen LogP contribution in [0.2, 0.25) is 0 Å². The molecule has 108 valence electrons. The van der Waals surface area contributed by atoms with Crippen molar-refractivity contribution >= 4 is 27.0 Å². The summed E-state index contributed by atoms with van der Waals surface area (Å²) in [5.74, 6) is -0.404. The van der Waals surface area contributed by atoms with Gasteiger partial charge in [0.25, 0.3) is 0 Å². The fourth-order valence-corrected chi connectivity index (χ4v) is 3.24. The highest BCUT2D eigenvalue weighted by Crippen LogP contribution is 2.31. The summed E-state index contributed by atoms with van der Waals surface area (Å²) in [7, 11) is 0. The summed E-state index contributed by atoms with van der Waals surface area (Å²) in [5, 5.41) is 0. The molecule has 1 aliphatic heterocycles. The molecule has 1 aromatic carbocycles. The zero-order valence-electron chi connectivity index (χ0n) is 11.2. The first kappa shape index (κ1) is 13.9. The monoisotopic (exact) mass is 339 g/mol. The molecule has 1 N–H and O–H groups in total. The third-order valence-electron chi connectivity index (χ3n) is 3.82. The second kappa shape index (κ2) is 6.14. The molecule has 2 unspecified atom stereocenters. The van der Waals surface area contributed by atoms with Crippen LogP contribution in [0.15, 0.2) is 27.4 Å². The van der Waals surface area contributed by atoms with Gasteiger partial charge in [-0.25, -0.2) is 4.79 Å². The fraction of sp³-hybridized carbons (Fsp3) is 0.533. The number of alkyl halides is 1. The largest absolute Gasteiger partial charge is 0.417 e. The van der Waals surface area contributed by atoms with Crippen LogP contribution in [0.3, 0.4) is 0 Å². The summed E-state index contributed by atoms with van der Waals surface area (Å²) in [6.07, 6.45) is 6.12. The Labute approximate surface area is 125 Å². The number of rotatable bonds is 4. The number of benzene rings is 1. The summed E-state index contributed by atoms with van der Waals surface area (Å²) in [6, 6.07) is 5.84. The third kappa shape index (κ3) is 3.15. The second-order valence-corrected chi connectivity index (χ2v) is 6.41. The summed E-state index contributed by atoms with van der Waals surface area (Å²) < 4.78 is 10.8. The highest BCUT2D eigenvalue weighted by molar-refractivity contribution is 9.09. The van der Waals surface area contributed by atoms with Gasteiger partial charge in [0.1, 0.15) is 0 Å². The number of hydrogen-bond acceptors (Lipinski definition) is 3. The lowest BCUT2D eigenvalue weighted by molar-refractivity contribution is 0.0102. The molecular formula is C15H18BrNO3. The zero-order valence-corrected chi connectivity index (χ0v) is 12.8. The van der Waals surface area contributed by atoms with Crippen LogP contribution in [0, 0.1) is 0 Å². The van der Waals surface area contributed by atoms with E-state index in [1.165, 1.54) is 19.3 Å². The van der Waals surface area contributed by atoms with Crippen molar-refractivity contribution in [2.75, 3.05) is 6.61 Å². The normalized spacial score (nSPS) is 21.1. The average Bonchev–Trinajstić information content (AvgIpc) is 2.85. The molecule has 0 bridgehead atoms. The lowest BCUT2D eigenvalue weighted by atomic mass is 10.0. The molecule has 0 amide bonds. The van der Waals surface area contributed by atoms with E-state index in [2.05, 4.69) is 20.9 Å². The van der Waals surface area contributed by atoms with Crippen LogP contribution < -0.4 is 5.76 Å². The van der Waals surface area contributed by atoms with Gasteiger partial charge in [0.05, 0.1) is 11.6 Å². The van der Waals surface area contributed by atoms with Crippen LogP contribution in [0.25, 0.3) is 11.1 Å². The summed E-state index contributed by atoms with van der Waals surface area (Å²) in [5.41, 5.74) is 2.50. The van der Waals surface area contributed by atoms with E-state index in [0.29, 0.717) is 11.7 Å². The number of hydrogen-bond donors (Lipinski definition) is 1. The van der Waals surface area contributed by atoms with Gasteiger partial charge in [-0.15, -0.1) is 0 Å². The van der Waals surface area contributed by atoms with Crippen LogP contribution in [-0.4, -0.2) is 17.7 Å². The minimum atomic E-state index is -0.404. The maximum Gasteiger partial charge on any atom is 0.417 e. The van der Waals surface area contributed by atoms with E-state index in [0.717, 1.165) is 30.5 Å². The van der Waals surface area contributed by atoms with Crippen molar-refractivity contribution in [2.45, 2.75) is 43.0 Å². The molecule has 2 aromatic rings. The van der Waals surface area contributed by atoms with Crippen LogP contribution in [0.4, 0.5) is 0 Å². The van der Waals surface area contributed by atoms with Crippen molar-refractivity contribution < 1.29 is 9.15 Å². The van der Waals surface area contributed by atoms with Crippen molar-refractivity contribution in [3.8, 4) is 0 Å². The van der Waals surface area contributed by atoms with Gasteiger partial charge in [-0.2, -0.15) is 0 Å². The van der Waals surface area contributed by atoms with E-state index in [4.69, 9.17) is 9.15 Å². The highest BCUT2D eigenvalue weighted by Gasteiger charge is 2.17. The number of H-pyrrole nitrogens is 1. The van der Waals surface area contributed by atoms with E-state index in [-0.39, 0.29) is 4.83 Å². The third-order valence-corrected chi connectivity index (χ3v) is 4.81. The first-order chi connectivity index (χ1) is 9.72. The molecule has 2 atom stereocenters. The van der Waals surface area contributed by atoms with Gasteiger partial charge in [0.2, 0.25) is 0 Å². The van der Waals surface area contributed by atoms with Gasteiger partial charge in [-0.05, 0) is 49.8 Å². The van der Waals surface area contributed by atoms with E-state index in [1.807, 2.05) is 18.2 Å². The minimum Gasteiger partial charge on any atom is -0.408 e. The molecule has 1 aromatic heterocycles. The second-order valence-electron chi connectivity index (χ2n) is 5.30. The number of oxazole rings is 1. The van der Waals surface area contributed by atoms with Gasteiger partial charge in [0, 0.05) is 11.4 Å². The molecular weight excluding hydrogens is 322 g/mol. The molecule has 1 saturated heterocycles. The van der Waals surface area contributed by atoms with Crippen molar-refractivity contribution in [2.24, 2.45) is 0 Å². The Bertz CT molecular complexity index is 627. The van der Waals surface area contributed by atoms with Crippen molar-refractivity contribution in [3.05, 3.63) is 34.3 Å². The molecule has 1 fully saturated rings. The maximum absolute atomic E-state index is 11.2. The lowest BCUT2D eigenvalue weighted by Gasteiger charge is -2.23. The van der Waals surface area contributed by atoms with E-state index < -0.39 is 5.76 Å². The Kier molecular flexibility index (Phi) is 4.27. The molecule has 4 nitrogen and oxygen atoms in total. The van der Waals surface area contributed by atoms with Crippen LogP contribution in [0.5, 0.6) is 0 Å². The Hall–Kier alpha value is -1.07. The zero-order chi connectivity index (χ0) is 13.9. The Balaban J connectivity index is 1.65. The number of fused-ring (bicyclic) bond motifs is 1. The molecule has 3 rings (SSSR count). The van der Waals surface area contributed by atoms with E-state index in [9.17, 15) is 4.79 Å². The molecule has 0 spiro atoms. The first-order valence-electron chi connectivity index (χ1n) is 7.11. The predicted molar refractivity (Wildman–Crippen MR) is 81.3 cm³/mol. The smallest absolute Gasteiger partial charge is 0.408 e. The van der Waals surface area contributed by atoms with Gasteiger partial charge in [-0.1, -0.05) is 22.0 Å². The molecule has 0 radical (unpaired) electrons. The quantitative estimate of drug-likeness (QED) is 0.859. The number of aromatic amines is 1. The van der Waals surface area contributed by atoms with Crippen LogP contribution in [-0.2, 0) is 4.74 Å². The van der Waals surface area contributed by atoms with Crippen LogP contribution >= 0.6 is 15.9 Å². The Morgan fingerprint density at radius 1 is 1.40 bits per heavy atom.